The minimum absolute atomic E-state index is 0.953. The van der Waals surface area contributed by atoms with Crippen LogP contribution in [0.15, 0.2) is 35.4 Å². The number of hydrazone groups is 1. The second kappa shape index (κ2) is 5.97. The first-order valence-electron chi connectivity index (χ1n) is 5.01. The van der Waals surface area contributed by atoms with E-state index in [-0.39, 0.29) is 0 Å². The zero-order valence-electron chi connectivity index (χ0n) is 8.72. The molecule has 2 rings (SSSR count). The molecule has 0 atom stereocenters. The van der Waals surface area contributed by atoms with Crippen molar-refractivity contribution in [2.75, 3.05) is 5.43 Å². The number of benzene rings is 1. The van der Waals surface area contributed by atoms with Gasteiger partial charge in [-0.15, -0.1) is 0 Å². The fourth-order valence-electron chi connectivity index (χ4n) is 1.22. The number of hydrogen-bond acceptors (Lipinski definition) is 2. The molecule has 1 N–H and O–H groups in total. The maximum Gasteiger partial charge on any atom is 0.0970 e. The Morgan fingerprint density at radius 2 is 1.81 bits per heavy atom. The van der Waals surface area contributed by atoms with Gasteiger partial charge in [-0.05, 0) is 37.8 Å². The van der Waals surface area contributed by atoms with E-state index in [0.29, 0.717) is 0 Å². The highest BCUT2D eigenvalue weighted by Crippen LogP contribution is 2.21. The van der Waals surface area contributed by atoms with Crippen LogP contribution in [0.4, 0.5) is 5.69 Å². The third-order valence-electron chi connectivity index (χ3n) is 1.98. The lowest BCUT2D eigenvalue weighted by Gasteiger charge is -1.96. The smallest absolute Gasteiger partial charge is 0.0970 e. The molecule has 0 heterocycles. The molecule has 1 aromatic rings. The quantitative estimate of drug-likeness (QED) is 0.449. The van der Waals surface area contributed by atoms with E-state index in [1.54, 1.807) is 6.21 Å². The average Bonchev–Trinajstić information content (AvgIpc) is 2.83. The van der Waals surface area contributed by atoms with Gasteiger partial charge in [0.15, 0.2) is 0 Å². The summed E-state index contributed by atoms with van der Waals surface area (Å²) in [7, 11) is 0. The van der Waals surface area contributed by atoms with Crippen molar-refractivity contribution in [3.05, 3.63) is 61.9 Å². The highest BCUT2D eigenvalue weighted by molar-refractivity contribution is 5.80. The molecule has 1 aliphatic rings. The molecule has 2 heteroatoms. The van der Waals surface area contributed by atoms with Crippen LogP contribution in [0.25, 0.3) is 0 Å². The second-order valence-corrected chi connectivity index (χ2v) is 3.18. The van der Waals surface area contributed by atoms with Crippen molar-refractivity contribution in [1.29, 1.82) is 0 Å². The minimum Gasteiger partial charge on any atom is -0.278 e. The zero-order chi connectivity index (χ0) is 11.1. The van der Waals surface area contributed by atoms with Crippen LogP contribution in [0.3, 0.4) is 0 Å². The Morgan fingerprint density at radius 3 is 2.56 bits per heavy atom. The Bertz CT molecular complexity index is 392. The van der Waals surface area contributed by atoms with Gasteiger partial charge < -0.3 is 0 Å². The number of anilines is 1. The predicted octanol–water partition coefficient (Wildman–Crippen LogP) is 2.49. The predicted molar refractivity (Wildman–Crippen MR) is 66.8 cm³/mol. The first kappa shape index (κ1) is 10.8. The summed E-state index contributed by atoms with van der Waals surface area (Å²) in [5, 5.41) is 3.99. The SMILES string of the molecule is C(#C[C]1[CH][CH][CH][CH]1)/C=N/Nc1ccccc1. The van der Waals surface area contributed by atoms with Gasteiger partial charge in [-0.3, -0.25) is 5.43 Å². The lowest BCUT2D eigenvalue weighted by molar-refractivity contribution is 1.36. The van der Waals surface area contributed by atoms with Crippen LogP contribution in [0.2, 0.25) is 0 Å². The highest BCUT2D eigenvalue weighted by atomic mass is 15.3. The van der Waals surface area contributed by atoms with Crippen molar-refractivity contribution in [3.63, 3.8) is 0 Å². The van der Waals surface area contributed by atoms with Gasteiger partial charge in [0.05, 0.1) is 17.8 Å². The van der Waals surface area contributed by atoms with Gasteiger partial charge >= 0.3 is 0 Å². The molecule has 0 amide bonds. The van der Waals surface area contributed by atoms with Crippen LogP contribution in [-0.4, -0.2) is 6.21 Å². The van der Waals surface area contributed by atoms with E-state index >= 15 is 0 Å². The topological polar surface area (TPSA) is 24.4 Å². The molecule has 0 aromatic heterocycles. The van der Waals surface area contributed by atoms with E-state index in [0.717, 1.165) is 11.6 Å². The van der Waals surface area contributed by atoms with Crippen LogP contribution in [-0.2, 0) is 0 Å². The Morgan fingerprint density at radius 1 is 1.06 bits per heavy atom. The fraction of sp³-hybridized carbons (Fsp3) is 0. The largest absolute Gasteiger partial charge is 0.278 e. The number of nitrogens with one attached hydrogen (secondary N) is 1. The van der Waals surface area contributed by atoms with Gasteiger partial charge in [-0.1, -0.05) is 30.0 Å². The third-order valence-corrected chi connectivity index (χ3v) is 1.98. The van der Waals surface area contributed by atoms with Gasteiger partial charge in [0.25, 0.3) is 0 Å². The van der Waals surface area contributed by atoms with Crippen LogP contribution in [0.5, 0.6) is 0 Å². The van der Waals surface area contributed by atoms with Gasteiger partial charge in [-0.25, -0.2) is 0 Å². The normalized spacial score (nSPS) is 16.0. The Balaban J connectivity index is 1.77. The molecule has 5 radical (unpaired) electrons. The maximum atomic E-state index is 3.99. The summed E-state index contributed by atoms with van der Waals surface area (Å²) < 4.78 is 0. The second-order valence-electron chi connectivity index (χ2n) is 3.18. The molecule has 1 aromatic carbocycles. The molecule has 1 fully saturated rings. The van der Waals surface area contributed by atoms with Gasteiger partial charge in [0, 0.05) is 0 Å². The molecule has 0 spiro atoms. The summed E-state index contributed by atoms with van der Waals surface area (Å²) in [4.78, 5) is 0. The van der Waals surface area contributed by atoms with Crippen molar-refractivity contribution in [2.24, 2.45) is 5.10 Å². The van der Waals surface area contributed by atoms with Crippen molar-refractivity contribution in [2.45, 2.75) is 0 Å². The molecular formula is C14H11N2. The van der Waals surface area contributed by atoms with E-state index in [1.165, 1.54) is 0 Å². The van der Waals surface area contributed by atoms with Crippen LogP contribution in [0.1, 0.15) is 0 Å². The maximum absolute atomic E-state index is 3.99. The third kappa shape index (κ3) is 3.43. The molecule has 1 saturated carbocycles. The summed E-state index contributed by atoms with van der Waals surface area (Å²) in [5.74, 6) is 6.83. The van der Waals surface area contributed by atoms with Crippen molar-refractivity contribution in [1.82, 2.24) is 0 Å². The molecule has 0 saturated heterocycles. The highest BCUT2D eigenvalue weighted by Gasteiger charge is 2.13. The summed E-state index contributed by atoms with van der Waals surface area (Å²) >= 11 is 0. The first-order chi connectivity index (χ1) is 7.95. The monoisotopic (exact) mass is 207 g/mol. The van der Waals surface area contributed by atoms with Gasteiger partial charge in [0.2, 0.25) is 0 Å². The standard InChI is InChI=1S/C14H11N2/c1-2-10-14(11-3-1)16-15-12-6-9-13-7-4-5-8-13/h1-5,7-8,10-12,16H/b15-12+. The molecule has 16 heavy (non-hydrogen) atoms. The Labute approximate surface area is 96.8 Å². The van der Waals surface area contributed by atoms with Crippen molar-refractivity contribution in [3.8, 4) is 11.8 Å². The van der Waals surface area contributed by atoms with E-state index in [9.17, 15) is 0 Å². The first-order valence-corrected chi connectivity index (χ1v) is 5.01. The van der Waals surface area contributed by atoms with Crippen molar-refractivity contribution < 1.29 is 0 Å². The van der Waals surface area contributed by atoms with Crippen LogP contribution >= 0.6 is 0 Å². The van der Waals surface area contributed by atoms with Crippen LogP contribution in [0, 0.1) is 43.4 Å². The molecule has 0 bridgehead atoms. The van der Waals surface area contributed by atoms with Crippen molar-refractivity contribution >= 4 is 11.9 Å². The number of para-hydroxylation sites is 1. The number of hydrogen-bond donors (Lipinski definition) is 1. The van der Waals surface area contributed by atoms with E-state index < -0.39 is 0 Å². The molecule has 2 nitrogen and oxygen atoms in total. The van der Waals surface area contributed by atoms with E-state index in [1.807, 2.05) is 56.0 Å². The lowest BCUT2D eigenvalue weighted by atomic mass is 10.1. The van der Waals surface area contributed by atoms with E-state index in [4.69, 9.17) is 0 Å². The number of rotatable bonds is 2. The Kier molecular flexibility index (Phi) is 4.01. The van der Waals surface area contributed by atoms with Crippen LogP contribution < -0.4 is 5.43 Å². The lowest BCUT2D eigenvalue weighted by Crippen LogP contribution is -1.88. The molecule has 1 aliphatic carbocycles. The fourth-order valence-corrected chi connectivity index (χ4v) is 1.22. The molecule has 77 valence electrons. The molecule has 0 unspecified atom stereocenters. The minimum atomic E-state index is 0.953. The summed E-state index contributed by atoms with van der Waals surface area (Å²) in [6, 6.07) is 9.76. The summed E-state index contributed by atoms with van der Waals surface area (Å²) in [6.45, 7) is 0. The average molecular weight is 207 g/mol. The number of nitrogens with zero attached hydrogens (tertiary/aromatic N) is 1. The van der Waals surface area contributed by atoms with Gasteiger partial charge in [0.1, 0.15) is 0 Å². The van der Waals surface area contributed by atoms with E-state index in [2.05, 4.69) is 22.4 Å². The zero-order valence-corrected chi connectivity index (χ0v) is 8.72. The van der Waals surface area contributed by atoms with Gasteiger partial charge in [-0.2, -0.15) is 5.10 Å². The summed E-state index contributed by atoms with van der Waals surface area (Å²) in [6.07, 6.45) is 9.41. The molecular weight excluding hydrogens is 196 g/mol. The molecule has 0 aliphatic heterocycles. The summed E-state index contributed by atoms with van der Waals surface area (Å²) in [5.41, 5.74) is 3.84. The Hall–Kier alpha value is -1.75.